The van der Waals surface area contributed by atoms with E-state index in [4.69, 9.17) is 18.9 Å². The van der Waals surface area contributed by atoms with Gasteiger partial charge in [-0.25, -0.2) is 0 Å². The smallest absolute Gasteiger partial charge is 0.203 e. The molecule has 2 aromatic carbocycles. The minimum atomic E-state index is -1.92. The Morgan fingerprint density at radius 2 is 1.30 bits per heavy atom. The molecule has 0 fully saturated rings. The van der Waals surface area contributed by atoms with Crippen molar-refractivity contribution in [1.29, 1.82) is 0 Å². The highest BCUT2D eigenvalue weighted by Gasteiger charge is 2.22. The molecule has 0 aliphatic carbocycles. The van der Waals surface area contributed by atoms with Crippen molar-refractivity contribution in [1.82, 2.24) is 0 Å². The van der Waals surface area contributed by atoms with E-state index in [1.807, 2.05) is 0 Å². The van der Waals surface area contributed by atoms with E-state index in [0.717, 1.165) is 0 Å². The van der Waals surface area contributed by atoms with E-state index in [1.165, 1.54) is 40.6 Å². The van der Waals surface area contributed by atoms with Crippen LogP contribution in [0.5, 0.6) is 28.7 Å². The Labute approximate surface area is 137 Å². The SMILES string of the molecule is COc1cc([SH+](=O)c2cc(OC)c(OC)c(OC)c2)ccc1O. The second-order valence-electron chi connectivity index (χ2n) is 4.53. The summed E-state index contributed by atoms with van der Waals surface area (Å²) in [6.45, 7) is 0. The first-order chi connectivity index (χ1) is 11.0. The van der Waals surface area contributed by atoms with Gasteiger partial charge in [0, 0.05) is 18.2 Å². The van der Waals surface area contributed by atoms with Crippen molar-refractivity contribution in [3.8, 4) is 28.7 Å². The van der Waals surface area contributed by atoms with Gasteiger partial charge in [-0.15, -0.1) is 0 Å². The standard InChI is InChI=1S/C16H18O6S/c1-19-13-7-10(5-6-12(13)17)23(18)11-8-14(20-2)16(22-4)15(9-11)21-3/h5-9,17H,1-4H3/p+1. The Bertz CT molecular complexity index is 704. The van der Waals surface area contributed by atoms with Gasteiger partial charge in [0.2, 0.25) is 5.75 Å². The topological polar surface area (TPSA) is 74.2 Å². The molecule has 6 nitrogen and oxygen atoms in total. The van der Waals surface area contributed by atoms with Crippen LogP contribution in [0.1, 0.15) is 0 Å². The predicted molar refractivity (Wildman–Crippen MR) is 86.7 cm³/mol. The summed E-state index contributed by atoms with van der Waals surface area (Å²) >= 11 is 0. The third-order valence-electron chi connectivity index (χ3n) is 3.28. The lowest BCUT2D eigenvalue weighted by molar-refractivity contribution is 0.323. The fraction of sp³-hybridized carbons (Fsp3) is 0.250. The van der Waals surface area contributed by atoms with Crippen LogP contribution in [0.15, 0.2) is 40.1 Å². The molecule has 0 aromatic heterocycles. The average molecular weight is 339 g/mol. The summed E-state index contributed by atoms with van der Waals surface area (Å²) in [4.78, 5) is 1.03. The lowest BCUT2D eigenvalue weighted by Crippen LogP contribution is -1.99. The summed E-state index contributed by atoms with van der Waals surface area (Å²) < 4.78 is 33.7. The van der Waals surface area contributed by atoms with Crippen LogP contribution in [-0.4, -0.2) is 33.5 Å². The fourth-order valence-electron chi connectivity index (χ4n) is 2.13. The molecule has 0 heterocycles. The van der Waals surface area contributed by atoms with Crippen molar-refractivity contribution in [3.05, 3.63) is 30.3 Å². The number of phenolic OH excluding ortho intramolecular Hbond substituents is 1. The van der Waals surface area contributed by atoms with Gasteiger partial charge in [0.25, 0.3) is 0 Å². The van der Waals surface area contributed by atoms with E-state index in [0.29, 0.717) is 27.0 Å². The third-order valence-corrected chi connectivity index (χ3v) is 4.76. The van der Waals surface area contributed by atoms with Gasteiger partial charge in [-0.3, -0.25) is 0 Å². The van der Waals surface area contributed by atoms with E-state index in [2.05, 4.69) is 0 Å². The number of thiol groups is 1. The van der Waals surface area contributed by atoms with E-state index < -0.39 is 10.8 Å². The first-order valence-corrected chi connectivity index (χ1v) is 7.96. The monoisotopic (exact) mass is 339 g/mol. The molecule has 0 bridgehead atoms. The molecule has 0 aliphatic rings. The van der Waals surface area contributed by atoms with Crippen LogP contribution in [0, 0.1) is 0 Å². The van der Waals surface area contributed by atoms with Crippen molar-refractivity contribution in [2.45, 2.75) is 9.79 Å². The molecule has 0 aliphatic heterocycles. The molecule has 0 spiro atoms. The van der Waals surface area contributed by atoms with Gasteiger partial charge >= 0.3 is 0 Å². The Morgan fingerprint density at radius 1 is 0.783 bits per heavy atom. The Balaban J connectivity index is 2.51. The summed E-state index contributed by atoms with van der Waals surface area (Å²) in [7, 11) is 4.01. The van der Waals surface area contributed by atoms with E-state index in [9.17, 15) is 9.32 Å². The van der Waals surface area contributed by atoms with Crippen LogP contribution in [0.4, 0.5) is 0 Å². The van der Waals surface area contributed by atoms with Gasteiger partial charge in [0.1, 0.15) is 10.8 Å². The number of methoxy groups -OCH3 is 4. The lowest BCUT2D eigenvalue weighted by atomic mass is 10.3. The summed E-state index contributed by atoms with van der Waals surface area (Å²) in [5, 5.41) is 9.64. The maximum atomic E-state index is 12.8. The van der Waals surface area contributed by atoms with Crippen molar-refractivity contribution in [2.24, 2.45) is 0 Å². The van der Waals surface area contributed by atoms with Gasteiger partial charge in [-0.1, -0.05) is 4.21 Å². The van der Waals surface area contributed by atoms with Crippen LogP contribution in [0.25, 0.3) is 0 Å². The van der Waals surface area contributed by atoms with Crippen LogP contribution in [-0.2, 0) is 15.0 Å². The van der Waals surface area contributed by atoms with Crippen LogP contribution in [0.3, 0.4) is 0 Å². The molecule has 1 unspecified atom stereocenters. The van der Waals surface area contributed by atoms with Crippen LogP contribution in [0.2, 0.25) is 0 Å². The zero-order valence-corrected chi connectivity index (χ0v) is 14.2. The van der Waals surface area contributed by atoms with Crippen molar-refractivity contribution in [2.75, 3.05) is 28.4 Å². The quantitative estimate of drug-likeness (QED) is 0.644. The molecule has 124 valence electrons. The number of hydrogen-bond acceptors (Lipinski definition) is 6. The highest BCUT2D eigenvalue weighted by molar-refractivity contribution is 7.85. The highest BCUT2D eigenvalue weighted by Crippen LogP contribution is 2.40. The van der Waals surface area contributed by atoms with Gasteiger partial charge in [0.05, 0.1) is 28.4 Å². The highest BCUT2D eigenvalue weighted by atomic mass is 32.2. The minimum absolute atomic E-state index is 0.00968. The summed E-state index contributed by atoms with van der Waals surface area (Å²) in [5.74, 6) is 1.54. The zero-order valence-electron chi connectivity index (χ0n) is 13.3. The second-order valence-corrected chi connectivity index (χ2v) is 6.16. The molecule has 7 heteroatoms. The fourth-order valence-corrected chi connectivity index (χ4v) is 3.34. The van der Waals surface area contributed by atoms with Crippen molar-refractivity contribution < 1.29 is 28.3 Å². The van der Waals surface area contributed by atoms with E-state index in [-0.39, 0.29) is 11.5 Å². The molecule has 0 saturated heterocycles. The van der Waals surface area contributed by atoms with Crippen LogP contribution < -0.4 is 18.9 Å². The number of ether oxygens (including phenoxy) is 4. The zero-order chi connectivity index (χ0) is 17.0. The number of rotatable bonds is 6. The van der Waals surface area contributed by atoms with Crippen LogP contribution >= 0.6 is 0 Å². The molecule has 0 radical (unpaired) electrons. The second kappa shape index (κ2) is 7.23. The molecule has 1 atom stereocenters. The van der Waals surface area contributed by atoms with Gasteiger partial charge in [-0.05, 0) is 12.1 Å². The summed E-state index contributed by atoms with van der Waals surface area (Å²) in [6.07, 6.45) is 0. The molecule has 2 rings (SSSR count). The number of aromatic hydroxyl groups is 1. The molecular formula is C16H19O6S+. The number of benzene rings is 2. The molecular weight excluding hydrogens is 320 g/mol. The maximum Gasteiger partial charge on any atom is 0.203 e. The first kappa shape index (κ1) is 17.0. The van der Waals surface area contributed by atoms with Gasteiger partial charge < -0.3 is 24.1 Å². The molecule has 2 aromatic rings. The Hall–Kier alpha value is -2.41. The predicted octanol–water partition coefficient (Wildman–Crippen LogP) is 2.54. The average Bonchev–Trinajstić information content (AvgIpc) is 2.60. The Morgan fingerprint density at radius 3 is 1.78 bits per heavy atom. The summed E-state index contributed by atoms with van der Waals surface area (Å²) in [6, 6.07) is 7.84. The van der Waals surface area contributed by atoms with E-state index in [1.54, 1.807) is 18.2 Å². The molecule has 1 N–H and O–H groups in total. The summed E-state index contributed by atoms with van der Waals surface area (Å²) in [5.41, 5.74) is 0. The lowest BCUT2D eigenvalue weighted by Gasteiger charge is -2.12. The molecule has 0 saturated carbocycles. The van der Waals surface area contributed by atoms with Crippen molar-refractivity contribution in [3.63, 3.8) is 0 Å². The van der Waals surface area contributed by atoms with Crippen molar-refractivity contribution >= 4 is 10.8 Å². The first-order valence-electron chi connectivity index (χ1n) is 6.70. The molecule has 0 amide bonds. The molecule has 23 heavy (non-hydrogen) atoms. The largest absolute Gasteiger partial charge is 0.504 e. The minimum Gasteiger partial charge on any atom is -0.504 e. The normalized spacial score (nSPS) is 11.7. The van der Waals surface area contributed by atoms with Gasteiger partial charge in [0.15, 0.2) is 32.8 Å². The third kappa shape index (κ3) is 3.34. The van der Waals surface area contributed by atoms with Gasteiger partial charge in [-0.2, -0.15) is 0 Å². The number of hydrogen-bond donors (Lipinski definition) is 1. The van der Waals surface area contributed by atoms with E-state index >= 15 is 0 Å². The maximum absolute atomic E-state index is 12.8. The Kier molecular flexibility index (Phi) is 5.33. The number of phenols is 1.